The maximum atomic E-state index is 10.0. The summed E-state index contributed by atoms with van der Waals surface area (Å²) >= 11 is 0. The minimum absolute atomic E-state index is 0. The summed E-state index contributed by atoms with van der Waals surface area (Å²) in [6.45, 7) is 4.00. The van der Waals surface area contributed by atoms with Gasteiger partial charge in [0, 0.05) is 0 Å². The third-order valence-electron chi connectivity index (χ3n) is 3.65. The highest BCUT2D eigenvalue weighted by Crippen LogP contribution is 2.25. The Balaban J connectivity index is 0.00000220. The molecular formula is C14H24ClN5O. The van der Waals surface area contributed by atoms with Crippen LogP contribution in [0.15, 0.2) is 12.7 Å². The number of imidazole rings is 1. The second-order valence-corrected chi connectivity index (χ2v) is 5.24. The van der Waals surface area contributed by atoms with Crippen LogP contribution in [0, 0.1) is 0 Å². The predicted molar refractivity (Wildman–Crippen MR) is 86.5 cm³/mol. The van der Waals surface area contributed by atoms with Gasteiger partial charge in [0.1, 0.15) is 11.8 Å². The van der Waals surface area contributed by atoms with Gasteiger partial charge in [0.2, 0.25) is 0 Å². The van der Waals surface area contributed by atoms with Crippen LogP contribution in [0.2, 0.25) is 0 Å². The Morgan fingerprint density at radius 1 is 1.24 bits per heavy atom. The van der Waals surface area contributed by atoms with Crippen molar-refractivity contribution < 1.29 is 5.11 Å². The molecule has 0 saturated heterocycles. The second-order valence-electron chi connectivity index (χ2n) is 5.24. The highest BCUT2D eigenvalue weighted by Gasteiger charge is 2.20. The number of nitrogen functional groups attached to an aromatic ring is 1. The maximum absolute atomic E-state index is 10.0. The summed E-state index contributed by atoms with van der Waals surface area (Å²) in [5.41, 5.74) is 7.09. The highest BCUT2D eigenvalue weighted by molar-refractivity contribution is 5.85. The zero-order valence-corrected chi connectivity index (χ0v) is 13.4. The molecule has 21 heavy (non-hydrogen) atoms. The molecule has 2 heterocycles. The van der Waals surface area contributed by atoms with Crippen LogP contribution in [0.3, 0.4) is 0 Å². The first-order valence-corrected chi connectivity index (χ1v) is 7.26. The smallest absolute Gasteiger partial charge is 0.165 e. The van der Waals surface area contributed by atoms with Gasteiger partial charge in [-0.15, -0.1) is 12.4 Å². The van der Waals surface area contributed by atoms with Gasteiger partial charge in [-0.2, -0.15) is 0 Å². The van der Waals surface area contributed by atoms with Crippen molar-refractivity contribution in [1.82, 2.24) is 19.5 Å². The first kappa shape index (κ1) is 17.7. The monoisotopic (exact) mass is 313 g/mol. The molecule has 0 aliphatic heterocycles. The average molecular weight is 314 g/mol. The van der Waals surface area contributed by atoms with E-state index in [1.807, 2.05) is 4.57 Å². The lowest BCUT2D eigenvalue weighted by Crippen LogP contribution is -2.21. The maximum Gasteiger partial charge on any atom is 0.165 e. The molecule has 6 nitrogen and oxygen atoms in total. The number of unbranched alkanes of at least 4 members (excludes halogenated alkanes) is 3. The molecule has 0 unspecified atom stereocenters. The van der Waals surface area contributed by atoms with Crippen molar-refractivity contribution in [2.75, 3.05) is 5.73 Å². The van der Waals surface area contributed by atoms with Crippen LogP contribution in [-0.2, 0) is 0 Å². The molecule has 0 fully saturated rings. The number of fused-ring (bicyclic) bond motifs is 1. The molecule has 2 aromatic heterocycles. The Bertz CT molecular complexity index is 557. The van der Waals surface area contributed by atoms with Gasteiger partial charge in [-0.25, -0.2) is 15.0 Å². The SMILES string of the molecule is CCCCCC[C@@H]([C@@H](C)O)n1cnc2c(N)ncnc21.Cl. The van der Waals surface area contributed by atoms with Gasteiger partial charge in [-0.3, -0.25) is 0 Å². The number of anilines is 1. The second kappa shape index (κ2) is 8.14. The van der Waals surface area contributed by atoms with E-state index in [4.69, 9.17) is 5.73 Å². The summed E-state index contributed by atoms with van der Waals surface area (Å²) in [5.74, 6) is 0.379. The first-order chi connectivity index (χ1) is 9.65. The van der Waals surface area contributed by atoms with E-state index < -0.39 is 6.10 Å². The number of aromatic nitrogens is 4. The van der Waals surface area contributed by atoms with E-state index in [0.29, 0.717) is 17.0 Å². The molecule has 0 aliphatic carbocycles. The summed E-state index contributed by atoms with van der Waals surface area (Å²) < 4.78 is 1.92. The molecule has 7 heteroatoms. The molecule has 0 amide bonds. The Hall–Kier alpha value is -1.40. The third-order valence-corrected chi connectivity index (χ3v) is 3.65. The van der Waals surface area contributed by atoms with Crippen molar-refractivity contribution in [2.45, 2.75) is 58.1 Å². The van der Waals surface area contributed by atoms with Crippen molar-refractivity contribution in [3.05, 3.63) is 12.7 Å². The van der Waals surface area contributed by atoms with E-state index in [9.17, 15) is 5.11 Å². The normalized spacial score (nSPS) is 13.9. The van der Waals surface area contributed by atoms with Crippen molar-refractivity contribution in [1.29, 1.82) is 0 Å². The van der Waals surface area contributed by atoms with Crippen LogP contribution in [0.4, 0.5) is 5.82 Å². The Morgan fingerprint density at radius 3 is 2.67 bits per heavy atom. The molecule has 0 aromatic carbocycles. The quantitative estimate of drug-likeness (QED) is 0.767. The van der Waals surface area contributed by atoms with E-state index >= 15 is 0 Å². The van der Waals surface area contributed by atoms with Crippen LogP contribution in [-0.4, -0.2) is 30.7 Å². The number of aliphatic hydroxyl groups is 1. The largest absolute Gasteiger partial charge is 0.391 e. The fraction of sp³-hybridized carbons (Fsp3) is 0.643. The van der Waals surface area contributed by atoms with Crippen LogP contribution in [0.25, 0.3) is 11.2 Å². The minimum Gasteiger partial charge on any atom is -0.391 e. The standard InChI is InChI=1S/C14H23N5O.ClH/c1-3-4-5-6-7-11(10(2)20)19-9-18-12-13(15)16-8-17-14(12)19;/h8-11,20H,3-7H2,1-2H3,(H2,15,16,17);1H/t10-,11+;/m1./s1. The molecule has 0 aliphatic rings. The molecule has 2 aromatic rings. The molecule has 0 radical (unpaired) electrons. The molecule has 0 saturated carbocycles. The van der Waals surface area contributed by atoms with E-state index in [0.717, 1.165) is 12.8 Å². The fourth-order valence-electron chi connectivity index (χ4n) is 2.51. The summed E-state index contributed by atoms with van der Waals surface area (Å²) in [6.07, 6.45) is 8.30. The number of rotatable bonds is 7. The van der Waals surface area contributed by atoms with Crippen LogP contribution in [0.5, 0.6) is 0 Å². The predicted octanol–water partition coefficient (Wildman–Crippen LogP) is 2.72. The summed E-state index contributed by atoms with van der Waals surface area (Å²) in [5, 5.41) is 10.0. The molecular weight excluding hydrogens is 290 g/mol. The van der Waals surface area contributed by atoms with E-state index in [1.54, 1.807) is 13.3 Å². The topological polar surface area (TPSA) is 89.8 Å². The molecule has 118 valence electrons. The Kier molecular flexibility index (Phi) is 6.84. The Labute approximate surface area is 131 Å². The van der Waals surface area contributed by atoms with Gasteiger partial charge in [0.05, 0.1) is 18.5 Å². The van der Waals surface area contributed by atoms with Crippen molar-refractivity contribution in [3.8, 4) is 0 Å². The number of halogens is 1. The van der Waals surface area contributed by atoms with Gasteiger partial charge in [-0.05, 0) is 13.3 Å². The van der Waals surface area contributed by atoms with Crippen molar-refractivity contribution in [2.24, 2.45) is 0 Å². The summed E-state index contributed by atoms with van der Waals surface area (Å²) in [7, 11) is 0. The van der Waals surface area contributed by atoms with Gasteiger partial charge in [-0.1, -0.05) is 32.6 Å². The fourth-order valence-corrected chi connectivity index (χ4v) is 2.51. The lowest BCUT2D eigenvalue weighted by Gasteiger charge is -2.21. The molecule has 0 bridgehead atoms. The lowest BCUT2D eigenvalue weighted by atomic mass is 10.0. The zero-order chi connectivity index (χ0) is 14.5. The minimum atomic E-state index is -0.454. The van der Waals surface area contributed by atoms with Gasteiger partial charge < -0.3 is 15.4 Å². The van der Waals surface area contributed by atoms with E-state index in [-0.39, 0.29) is 18.4 Å². The third kappa shape index (κ3) is 4.04. The Morgan fingerprint density at radius 2 is 2.00 bits per heavy atom. The van der Waals surface area contributed by atoms with Crippen LogP contribution in [0.1, 0.15) is 52.0 Å². The van der Waals surface area contributed by atoms with Crippen LogP contribution >= 0.6 is 12.4 Å². The van der Waals surface area contributed by atoms with Crippen molar-refractivity contribution >= 4 is 29.4 Å². The number of nitrogens with two attached hydrogens (primary N) is 1. The number of nitrogens with zero attached hydrogens (tertiary/aromatic N) is 4. The van der Waals surface area contributed by atoms with Crippen LogP contribution < -0.4 is 5.73 Å². The van der Waals surface area contributed by atoms with Gasteiger partial charge >= 0.3 is 0 Å². The molecule has 3 N–H and O–H groups in total. The molecule has 0 spiro atoms. The highest BCUT2D eigenvalue weighted by atomic mass is 35.5. The van der Waals surface area contributed by atoms with Crippen molar-refractivity contribution in [3.63, 3.8) is 0 Å². The number of hydrogen-bond acceptors (Lipinski definition) is 5. The molecule has 2 rings (SSSR count). The number of hydrogen-bond donors (Lipinski definition) is 2. The zero-order valence-electron chi connectivity index (χ0n) is 12.6. The van der Waals surface area contributed by atoms with E-state index in [1.165, 1.54) is 25.6 Å². The summed E-state index contributed by atoms with van der Waals surface area (Å²) in [6, 6.07) is -0.0221. The molecule has 2 atom stereocenters. The average Bonchev–Trinajstić information content (AvgIpc) is 2.84. The lowest BCUT2D eigenvalue weighted by molar-refractivity contribution is 0.124. The number of aliphatic hydroxyl groups excluding tert-OH is 1. The van der Waals surface area contributed by atoms with Gasteiger partial charge in [0.25, 0.3) is 0 Å². The van der Waals surface area contributed by atoms with Gasteiger partial charge in [0.15, 0.2) is 11.5 Å². The van der Waals surface area contributed by atoms with E-state index in [2.05, 4.69) is 21.9 Å². The summed E-state index contributed by atoms with van der Waals surface area (Å²) in [4.78, 5) is 12.5. The first-order valence-electron chi connectivity index (χ1n) is 7.26.